The van der Waals surface area contributed by atoms with Crippen molar-refractivity contribution >= 4 is 206 Å². The van der Waals surface area contributed by atoms with Gasteiger partial charge in [-0.25, -0.2) is 0 Å². The third-order valence-corrected chi connectivity index (χ3v) is 20.3. The van der Waals surface area contributed by atoms with Gasteiger partial charge in [-0.2, -0.15) is 0 Å². The molecule has 0 aliphatic heterocycles. The van der Waals surface area contributed by atoms with E-state index in [1.807, 2.05) is 11.3 Å². The second-order valence-electron chi connectivity index (χ2n) is 23.4. The molecule has 1 nitrogen and oxygen atoms in total. The highest BCUT2D eigenvalue weighted by molar-refractivity contribution is 7.26. The zero-order valence-corrected chi connectivity index (χ0v) is 49.5. The maximum Gasteiger partial charge on any atom is 0.142 e. The van der Waals surface area contributed by atoms with Gasteiger partial charge in [0.2, 0.25) is 0 Å². The number of hydrogen-bond donors (Lipinski definition) is 0. The summed E-state index contributed by atoms with van der Waals surface area (Å²) >= 11 is 1.90. The van der Waals surface area contributed by atoms with Gasteiger partial charge in [0.1, 0.15) is 86.3 Å². The highest BCUT2D eigenvalue weighted by Gasteiger charge is 2.43. The van der Waals surface area contributed by atoms with Gasteiger partial charge >= 0.3 is 0 Å². The molecule has 0 atom stereocenters. The molecule has 0 unspecified atom stereocenters. The van der Waals surface area contributed by atoms with Crippen molar-refractivity contribution in [2.75, 3.05) is 4.90 Å². The van der Waals surface area contributed by atoms with E-state index in [2.05, 4.69) is 287 Å². The molecule has 1 aliphatic carbocycles. The Morgan fingerprint density at radius 1 is 0.338 bits per heavy atom. The van der Waals surface area contributed by atoms with Crippen molar-refractivity contribution in [3.63, 3.8) is 0 Å². The fraction of sp³-hybridized carbons (Fsp3) is 0.0448. The van der Waals surface area contributed by atoms with Crippen LogP contribution < -0.4 is 65.0 Å². The zero-order chi connectivity index (χ0) is 55.6. The van der Waals surface area contributed by atoms with E-state index in [0.29, 0.717) is 0 Å². The lowest BCUT2D eigenvalue weighted by Crippen LogP contribution is -2.56. The Hall–Kier alpha value is -7.59. The minimum atomic E-state index is -0.308. The number of fused-ring (bicyclic) bond motifs is 7. The number of benzene rings is 11. The molecular formula is C67H58B11NS. The van der Waals surface area contributed by atoms with Gasteiger partial charge in [-0.15, -0.1) is 33.2 Å². The van der Waals surface area contributed by atoms with Crippen molar-refractivity contribution in [2.24, 2.45) is 0 Å². The number of nitrogens with zero attached hydrogens (tertiary/aromatic N) is 1. The lowest BCUT2D eigenvalue weighted by molar-refractivity contribution is 0.669. The van der Waals surface area contributed by atoms with E-state index in [-0.39, 0.29) is 5.41 Å². The van der Waals surface area contributed by atoms with Crippen LogP contribution in [0.1, 0.15) is 25.0 Å². The summed E-state index contributed by atoms with van der Waals surface area (Å²) in [5.74, 6) is 0. The molecule has 12 aromatic rings. The molecule has 370 valence electrons. The van der Waals surface area contributed by atoms with Crippen molar-refractivity contribution in [1.82, 2.24) is 0 Å². The number of thiophene rings is 1. The van der Waals surface area contributed by atoms with Crippen LogP contribution in [0.5, 0.6) is 0 Å². The summed E-state index contributed by atoms with van der Waals surface area (Å²) in [7, 11) is 26.1. The minimum absolute atomic E-state index is 0.308. The average molecular weight is 1030 g/mol. The van der Waals surface area contributed by atoms with Crippen molar-refractivity contribution in [3.05, 3.63) is 193 Å². The summed E-state index contributed by atoms with van der Waals surface area (Å²) in [6.07, 6.45) is 0. The second kappa shape index (κ2) is 19.6. The van der Waals surface area contributed by atoms with E-state index in [1.165, 1.54) is 175 Å². The number of anilines is 3. The molecule has 13 heteroatoms. The molecule has 0 spiro atoms. The van der Waals surface area contributed by atoms with E-state index in [4.69, 9.17) is 0 Å². The molecule has 0 amide bonds. The highest BCUT2D eigenvalue weighted by Crippen LogP contribution is 2.52. The van der Waals surface area contributed by atoms with E-state index in [0.717, 1.165) is 11.4 Å². The maximum atomic E-state index is 2.64. The highest BCUT2D eigenvalue weighted by atomic mass is 32.1. The Labute approximate surface area is 486 Å². The summed E-state index contributed by atoms with van der Waals surface area (Å²) in [6, 6.07) is 67.8. The molecule has 0 radical (unpaired) electrons. The van der Waals surface area contributed by atoms with Gasteiger partial charge < -0.3 is 4.90 Å². The van der Waals surface area contributed by atoms with Gasteiger partial charge in [0.15, 0.2) is 0 Å². The number of hydrogen-bond acceptors (Lipinski definition) is 2. The van der Waals surface area contributed by atoms with Crippen LogP contribution in [0.3, 0.4) is 0 Å². The molecule has 1 aromatic heterocycles. The predicted octanol–water partition coefficient (Wildman–Crippen LogP) is 0.161. The largest absolute Gasteiger partial charge is 0.311 e. The van der Waals surface area contributed by atoms with Crippen LogP contribution in [0.25, 0.3) is 97.7 Å². The van der Waals surface area contributed by atoms with Gasteiger partial charge in [-0.3, -0.25) is 0 Å². The lowest BCUT2D eigenvalue weighted by Gasteiger charge is -2.36. The van der Waals surface area contributed by atoms with Crippen LogP contribution in [0.4, 0.5) is 17.1 Å². The van der Waals surface area contributed by atoms with Gasteiger partial charge in [-0.1, -0.05) is 210 Å². The molecule has 1 aliphatic rings. The van der Waals surface area contributed by atoms with E-state index in [9.17, 15) is 0 Å². The summed E-state index contributed by atoms with van der Waals surface area (Å²) < 4.78 is 2.62. The summed E-state index contributed by atoms with van der Waals surface area (Å²) in [4.78, 5) is 2.64. The van der Waals surface area contributed by atoms with Gasteiger partial charge in [-0.05, 0) is 102 Å². The first-order valence-corrected chi connectivity index (χ1v) is 29.3. The van der Waals surface area contributed by atoms with Crippen LogP contribution in [0.15, 0.2) is 182 Å². The molecule has 0 fully saturated rings. The van der Waals surface area contributed by atoms with Crippen LogP contribution in [-0.4, -0.2) is 86.3 Å². The first-order chi connectivity index (χ1) is 38.6. The Bertz CT molecular complexity index is 4540. The Balaban J connectivity index is 1.11. The summed E-state index contributed by atoms with van der Waals surface area (Å²) in [5.41, 5.74) is 36.6. The molecule has 0 bridgehead atoms. The molecule has 13 rings (SSSR count). The zero-order valence-electron chi connectivity index (χ0n) is 48.7. The Kier molecular flexibility index (Phi) is 12.7. The molecule has 0 N–H and O–H groups in total. The van der Waals surface area contributed by atoms with Crippen LogP contribution >= 0.6 is 11.3 Å². The van der Waals surface area contributed by atoms with Gasteiger partial charge in [0.05, 0.1) is 5.69 Å². The monoisotopic (exact) mass is 1030 g/mol. The van der Waals surface area contributed by atoms with Crippen molar-refractivity contribution < 1.29 is 0 Å². The predicted molar refractivity (Wildman–Crippen MR) is 386 cm³/mol. The van der Waals surface area contributed by atoms with E-state index < -0.39 is 0 Å². The summed E-state index contributed by atoms with van der Waals surface area (Å²) in [5, 5.41) is 5.11. The maximum absolute atomic E-state index is 2.64. The van der Waals surface area contributed by atoms with Crippen LogP contribution in [0.2, 0.25) is 0 Å². The van der Waals surface area contributed by atoms with Crippen molar-refractivity contribution in [3.8, 4) is 66.8 Å². The molecular weight excluding hydrogens is 970 g/mol. The number of rotatable bonds is 8. The molecule has 11 aromatic carbocycles. The molecule has 80 heavy (non-hydrogen) atoms. The fourth-order valence-corrected chi connectivity index (χ4v) is 15.7. The smallest absolute Gasteiger partial charge is 0.142 e. The first kappa shape index (κ1) is 51.8. The Morgan fingerprint density at radius 2 is 0.825 bits per heavy atom. The standard InChI is InChI=1S/C67H58B11NS/c1-67(2)52-48(49(54(68)60(74)58(52)72)51-56(70)61(75)63(77)62(76)57(51)71)50-53(67)59(73)65(64(78)55(50)69)79(37-31-29-34(30-32-37)39-23-12-20-35-19-11-22-38(46(35)39)33-15-5-3-6-16-33)44-27-14-24-41(47(44)36-17-7-4-8-18-36)43-26-13-25-42-40-21-9-10-28-45(40)80-66(42)43/h3-32H,68-78H2,1-2H3. The quantitative estimate of drug-likeness (QED) is 0.197. The average Bonchev–Trinajstić information content (AvgIpc) is 4.04. The third-order valence-electron chi connectivity index (χ3n) is 19.1. The van der Waals surface area contributed by atoms with Crippen LogP contribution in [0, 0.1) is 0 Å². The molecule has 0 saturated carbocycles. The third kappa shape index (κ3) is 7.74. The van der Waals surface area contributed by atoms with Gasteiger partial charge in [0, 0.05) is 48.1 Å². The minimum Gasteiger partial charge on any atom is -0.311 e. The molecule has 0 saturated heterocycles. The second-order valence-corrected chi connectivity index (χ2v) is 24.5. The fourth-order valence-electron chi connectivity index (χ4n) is 14.5. The molecule has 1 heterocycles. The van der Waals surface area contributed by atoms with Crippen molar-refractivity contribution in [2.45, 2.75) is 19.3 Å². The van der Waals surface area contributed by atoms with Crippen molar-refractivity contribution in [1.29, 1.82) is 0 Å². The SMILES string of the molecule is Bc1c(B)c(B)c(-c2c(B)c(B)c(B)c3c2-c2c(B)c(B)c(N(c4ccc(-c5cccc6cccc(-c7ccccc7)c56)cc4)c4cccc(-c5cccc6c5sc5ccccc56)c4-c4ccccc4)c(B)c2C3(C)C)c(B)c1B. The Morgan fingerprint density at radius 3 is 1.49 bits per heavy atom. The summed E-state index contributed by atoms with van der Waals surface area (Å²) in [6.45, 7) is 5.02. The van der Waals surface area contributed by atoms with Gasteiger partial charge in [0.25, 0.3) is 0 Å². The van der Waals surface area contributed by atoms with Crippen LogP contribution in [-0.2, 0) is 5.41 Å². The first-order valence-electron chi connectivity index (χ1n) is 28.5. The topological polar surface area (TPSA) is 3.24 Å². The lowest BCUT2D eigenvalue weighted by atomic mass is 9.57. The normalized spacial score (nSPS) is 12.5. The van der Waals surface area contributed by atoms with E-state index in [1.54, 1.807) is 0 Å². The van der Waals surface area contributed by atoms with E-state index >= 15 is 0 Å².